The maximum Gasteiger partial charge on any atom is 0.336 e. The van der Waals surface area contributed by atoms with Crippen LogP contribution in [0.25, 0.3) is 11.0 Å². The molecule has 0 saturated carbocycles. The van der Waals surface area contributed by atoms with Crippen molar-refractivity contribution in [1.82, 2.24) is 0 Å². The summed E-state index contributed by atoms with van der Waals surface area (Å²) in [5.74, 6) is 0.878. The Morgan fingerprint density at radius 3 is 2.68 bits per heavy atom. The first-order chi connectivity index (χ1) is 12.2. The van der Waals surface area contributed by atoms with E-state index in [2.05, 4.69) is 0 Å². The number of hydrogen-bond acceptors (Lipinski definition) is 4. The lowest BCUT2D eigenvalue weighted by atomic mass is 10.1. The number of ether oxygens (including phenoxy) is 1. The normalized spacial score (nSPS) is 17.2. The van der Waals surface area contributed by atoms with Crippen LogP contribution in [0.1, 0.15) is 6.42 Å². The number of carbonyl (C=O) groups excluding carboxylic acids is 1. The highest BCUT2D eigenvalue weighted by Crippen LogP contribution is 2.26. The number of benzene rings is 2. The van der Waals surface area contributed by atoms with Crippen LogP contribution in [-0.2, 0) is 4.79 Å². The molecule has 1 amide bonds. The topological polar surface area (TPSA) is 59.8 Å². The molecule has 1 unspecified atom stereocenters. The molecule has 5 nitrogen and oxygen atoms in total. The Balaban J connectivity index is 1.43. The molecule has 1 fully saturated rings. The predicted octanol–water partition coefficient (Wildman–Crippen LogP) is 3.22. The highest BCUT2D eigenvalue weighted by molar-refractivity contribution is 5.95. The summed E-state index contributed by atoms with van der Waals surface area (Å²) < 4.78 is 11.0. The van der Waals surface area contributed by atoms with Crippen LogP contribution in [0.2, 0.25) is 0 Å². The van der Waals surface area contributed by atoms with Crippen LogP contribution in [0.15, 0.2) is 69.9 Å². The molecule has 0 aliphatic carbocycles. The lowest BCUT2D eigenvalue weighted by Crippen LogP contribution is -2.25. The lowest BCUT2D eigenvalue weighted by molar-refractivity contribution is -0.117. The fourth-order valence-corrected chi connectivity index (χ4v) is 3.10. The maximum absolute atomic E-state index is 12.2. The van der Waals surface area contributed by atoms with Gasteiger partial charge in [-0.25, -0.2) is 4.79 Å². The zero-order chi connectivity index (χ0) is 17.2. The highest BCUT2D eigenvalue weighted by Gasteiger charge is 2.30. The van der Waals surface area contributed by atoms with Crippen LogP contribution < -0.4 is 15.3 Å². The molecule has 0 bridgehead atoms. The van der Waals surface area contributed by atoms with Crippen LogP contribution >= 0.6 is 0 Å². The third kappa shape index (κ3) is 3.26. The standard InChI is InChI=1S/C20H17NO4/c22-19-10-14(12-21(19)16-4-2-1-3-5-16)13-24-17-8-6-15-7-9-20(23)25-18(15)11-17/h1-9,11,14H,10,12-13H2. The molecule has 1 saturated heterocycles. The molecule has 0 spiro atoms. The minimum Gasteiger partial charge on any atom is -0.493 e. The van der Waals surface area contributed by atoms with E-state index in [1.165, 1.54) is 6.07 Å². The van der Waals surface area contributed by atoms with Crippen molar-refractivity contribution >= 4 is 22.6 Å². The van der Waals surface area contributed by atoms with Crippen molar-refractivity contribution in [3.05, 3.63) is 71.1 Å². The number of fused-ring (bicyclic) bond motifs is 1. The van der Waals surface area contributed by atoms with Crippen molar-refractivity contribution < 1.29 is 13.9 Å². The first-order valence-corrected chi connectivity index (χ1v) is 8.21. The van der Waals surface area contributed by atoms with Gasteiger partial charge in [-0.3, -0.25) is 4.79 Å². The first-order valence-electron chi connectivity index (χ1n) is 8.21. The first kappa shape index (κ1) is 15.4. The van der Waals surface area contributed by atoms with E-state index in [4.69, 9.17) is 9.15 Å². The zero-order valence-electron chi connectivity index (χ0n) is 13.6. The maximum atomic E-state index is 12.2. The Morgan fingerprint density at radius 1 is 1.04 bits per heavy atom. The van der Waals surface area contributed by atoms with Gasteiger partial charge in [-0.2, -0.15) is 0 Å². The number of carbonyl (C=O) groups is 1. The molecule has 3 aromatic rings. The Bertz CT molecular complexity index is 964. The fraction of sp³-hybridized carbons (Fsp3) is 0.200. The highest BCUT2D eigenvalue weighted by atomic mass is 16.5. The molecule has 0 radical (unpaired) electrons. The summed E-state index contributed by atoms with van der Waals surface area (Å²) in [5.41, 5.74) is 1.03. The quantitative estimate of drug-likeness (QED) is 0.687. The largest absolute Gasteiger partial charge is 0.493 e. The van der Waals surface area contributed by atoms with Crippen molar-refractivity contribution in [1.29, 1.82) is 0 Å². The van der Waals surface area contributed by atoms with E-state index in [1.807, 2.05) is 42.5 Å². The summed E-state index contributed by atoms with van der Waals surface area (Å²) in [7, 11) is 0. The average Bonchev–Trinajstić information content (AvgIpc) is 3.01. The van der Waals surface area contributed by atoms with E-state index in [0.717, 1.165) is 11.1 Å². The van der Waals surface area contributed by atoms with Gasteiger partial charge in [-0.1, -0.05) is 18.2 Å². The van der Waals surface area contributed by atoms with Crippen LogP contribution in [0.5, 0.6) is 5.75 Å². The summed E-state index contributed by atoms with van der Waals surface area (Å²) in [6, 6.07) is 18.2. The number of anilines is 1. The van der Waals surface area contributed by atoms with Crippen molar-refractivity contribution in [3.8, 4) is 5.75 Å². The number of nitrogens with zero attached hydrogens (tertiary/aromatic N) is 1. The van der Waals surface area contributed by atoms with Crippen LogP contribution in [0, 0.1) is 5.92 Å². The Labute approximate surface area is 144 Å². The molecule has 25 heavy (non-hydrogen) atoms. The number of rotatable bonds is 4. The van der Waals surface area contributed by atoms with Crippen LogP contribution in [0.4, 0.5) is 5.69 Å². The van der Waals surface area contributed by atoms with E-state index in [0.29, 0.717) is 30.9 Å². The molecule has 1 aliphatic rings. The summed E-state index contributed by atoms with van der Waals surface area (Å²) in [6.45, 7) is 1.09. The van der Waals surface area contributed by atoms with E-state index < -0.39 is 0 Å². The molecular weight excluding hydrogens is 318 g/mol. The van der Waals surface area contributed by atoms with Gasteiger partial charge in [0, 0.05) is 42.1 Å². The molecular formula is C20H17NO4. The Hall–Kier alpha value is -3.08. The molecule has 4 rings (SSSR count). The van der Waals surface area contributed by atoms with Gasteiger partial charge in [0.2, 0.25) is 5.91 Å². The SMILES string of the molecule is O=C1CC(COc2ccc3ccc(=O)oc3c2)CN1c1ccccc1. The van der Waals surface area contributed by atoms with E-state index in [-0.39, 0.29) is 17.5 Å². The van der Waals surface area contributed by atoms with Gasteiger partial charge in [0.1, 0.15) is 11.3 Å². The summed E-state index contributed by atoms with van der Waals surface area (Å²) in [6.07, 6.45) is 0.470. The van der Waals surface area contributed by atoms with E-state index >= 15 is 0 Å². The molecule has 0 N–H and O–H groups in total. The molecule has 2 heterocycles. The Kier molecular flexibility index (Phi) is 3.98. The molecule has 1 aliphatic heterocycles. The zero-order valence-corrected chi connectivity index (χ0v) is 13.6. The predicted molar refractivity (Wildman–Crippen MR) is 94.9 cm³/mol. The lowest BCUT2D eigenvalue weighted by Gasteiger charge is -2.17. The third-order valence-corrected chi connectivity index (χ3v) is 4.35. The second-order valence-corrected chi connectivity index (χ2v) is 6.18. The average molecular weight is 335 g/mol. The van der Waals surface area contributed by atoms with E-state index in [1.54, 1.807) is 17.0 Å². The number of para-hydroxylation sites is 1. The Morgan fingerprint density at radius 2 is 1.84 bits per heavy atom. The van der Waals surface area contributed by atoms with Crippen molar-refractivity contribution in [2.24, 2.45) is 5.92 Å². The molecule has 2 aromatic carbocycles. The second-order valence-electron chi connectivity index (χ2n) is 6.18. The van der Waals surface area contributed by atoms with Gasteiger partial charge in [-0.15, -0.1) is 0 Å². The van der Waals surface area contributed by atoms with Crippen molar-refractivity contribution in [2.45, 2.75) is 6.42 Å². The molecule has 1 atom stereocenters. The van der Waals surface area contributed by atoms with Crippen molar-refractivity contribution in [3.63, 3.8) is 0 Å². The van der Waals surface area contributed by atoms with Gasteiger partial charge >= 0.3 is 5.63 Å². The summed E-state index contributed by atoms with van der Waals surface area (Å²) in [5, 5.41) is 0.846. The monoisotopic (exact) mass is 335 g/mol. The van der Waals surface area contributed by atoms with Gasteiger partial charge in [0.25, 0.3) is 0 Å². The van der Waals surface area contributed by atoms with Gasteiger partial charge in [-0.05, 0) is 30.3 Å². The minimum absolute atomic E-state index is 0.115. The molecule has 126 valence electrons. The van der Waals surface area contributed by atoms with Gasteiger partial charge in [0.05, 0.1) is 6.61 Å². The summed E-state index contributed by atoms with van der Waals surface area (Å²) >= 11 is 0. The third-order valence-electron chi connectivity index (χ3n) is 4.35. The smallest absolute Gasteiger partial charge is 0.336 e. The van der Waals surface area contributed by atoms with Crippen LogP contribution in [-0.4, -0.2) is 19.1 Å². The number of hydrogen-bond donors (Lipinski definition) is 0. The van der Waals surface area contributed by atoms with Gasteiger partial charge < -0.3 is 14.1 Å². The molecule has 5 heteroatoms. The molecule has 1 aromatic heterocycles. The number of amides is 1. The summed E-state index contributed by atoms with van der Waals surface area (Å²) in [4.78, 5) is 25.3. The van der Waals surface area contributed by atoms with E-state index in [9.17, 15) is 9.59 Å². The second kappa shape index (κ2) is 6.43. The van der Waals surface area contributed by atoms with Gasteiger partial charge in [0.15, 0.2) is 0 Å². The van der Waals surface area contributed by atoms with Crippen LogP contribution in [0.3, 0.4) is 0 Å². The van der Waals surface area contributed by atoms with Crippen molar-refractivity contribution in [2.75, 3.05) is 18.1 Å². The minimum atomic E-state index is -0.385. The fourth-order valence-electron chi connectivity index (χ4n) is 3.10.